The summed E-state index contributed by atoms with van der Waals surface area (Å²) in [5.41, 5.74) is 8.08. The van der Waals surface area contributed by atoms with Crippen molar-refractivity contribution in [1.82, 2.24) is 24.9 Å². The van der Waals surface area contributed by atoms with E-state index in [1.54, 1.807) is 18.3 Å². The predicted octanol–water partition coefficient (Wildman–Crippen LogP) is 18.4. The van der Waals surface area contributed by atoms with Crippen LogP contribution >= 0.6 is 0 Å². The molecule has 1 amide bonds. The molecule has 3 N–H and O–H groups in total. The van der Waals surface area contributed by atoms with Crippen LogP contribution in [0.3, 0.4) is 0 Å². The van der Waals surface area contributed by atoms with E-state index in [9.17, 15) is 4.79 Å². The van der Waals surface area contributed by atoms with E-state index >= 15 is 0 Å². The Morgan fingerprint density at radius 1 is 0.352 bits per heavy atom. The number of nitrogens with zero attached hydrogens (tertiary/aromatic N) is 6. The minimum absolute atomic E-state index is 0. The quantitative estimate of drug-likeness (QED) is 0.0567. The average molecular weight is 1720 g/mol. The van der Waals surface area contributed by atoms with Crippen molar-refractivity contribution in [2.75, 3.05) is 0 Å². The van der Waals surface area contributed by atoms with Crippen molar-refractivity contribution in [1.29, 1.82) is 0 Å². The fourth-order valence-electron chi connectivity index (χ4n) is 9.60. The number of amides is 1. The van der Waals surface area contributed by atoms with Crippen LogP contribution in [-0.4, -0.2) is 57.7 Å². The molecule has 0 saturated heterocycles. The van der Waals surface area contributed by atoms with Gasteiger partial charge in [0.05, 0.1) is 6.92 Å². The second-order valence-corrected chi connectivity index (χ2v) is 19.8. The molecule has 5 aromatic heterocycles. The van der Waals surface area contributed by atoms with E-state index < -0.39 is 5.97 Å². The molecule has 91 heavy (non-hydrogen) atoms. The van der Waals surface area contributed by atoms with Crippen molar-refractivity contribution in [2.24, 2.45) is 4.99 Å². The molecule has 0 fully saturated rings. The molecule has 0 aliphatic heterocycles. The van der Waals surface area contributed by atoms with Crippen molar-refractivity contribution in [3.8, 4) is 45.0 Å². The van der Waals surface area contributed by atoms with Crippen LogP contribution < -0.4 is 0 Å². The summed E-state index contributed by atoms with van der Waals surface area (Å²) in [6, 6.07) is 99.8. The van der Waals surface area contributed by atoms with Gasteiger partial charge in [0.15, 0.2) is 5.90 Å². The van der Waals surface area contributed by atoms with Gasteiger partial charge in [0.1, 0.15) is 5.69 Å². The largest absolute Gasteiger partial charge is 0.496 e. The third kappa shape index (κ3) is 18.8. The Balaban J connectivity index is 0.000000160. The van der Waals surface area contributed by atoms with Gasteiger partial charge in [-0.1, -0.05) is 146 Å². The molecular formula is C78H57Ir3N6O4-3. The molecule has 453 valence electrons. The van der Waals surface area contributed by atoms with Crippen LogP contribution in [0.15, 0.2) is 297 Å². The molecule has 15 aromatic rings. The molecule has 5 heterocycles. The van der Waals surface area contributed by atoms with Gasteiger partial charge >= 0.3 is 11.9 Å². The third-order valence-electron chi connectivity index (χ3n) is 13.7. The molecule has 0 aliphatic carbocycles. The van der Waals surface area contributed by atoms with Crippen molar-refractivity contribution < 1.29 is 80.1 Å². The molecule has 15 rings (SSSR count). The van der Waals surface area contributed by atoms with E-state index in [-0.39, 0.29) is 77.8 Å². The zero-order valence-corrected chi connectivity index (χ0v) is 56.3. The monoisotopic (exact) mass is 1720 g/mol. The Bertz CT molecular complexity index is 4420. The number of aliphatic hydroxyl groups excluding tert-OH is 1. The van der Waals surface area contributed by atoms with Crippen molar-refractivity contribution >= 4 is 82.4 Å². The van der Waals surface area contributed by atoms with Gasteiger partial charge in [0.25, 0.3) is 0 Å². The molecule has 0 atom stereocenters. The summed E-state index contributed by atoms with van der Waals surface area (Å²) < 4.78 is 0. The van der Waals surface area contributed by atoms with E-state index in [0.29, 0.717) is 0 Å². The molecule has 0 unspecified atom stereocenters. The normalized spacial score (nSPS) is 10.3. The number of fused-ring (bicyclic) bond motifs is 9. The number of pyridine rings is 5. The minimum Gasteiger partial charge on any atom is -0.496 e. The molecule has 0 aliphatic rings. The van der Waals surface area contributed by atoms with Gasteiger partial charge in [-0.3, -0.25) is 4.79 Å². The van der Waals surface area contributed by atoms with Gasteiger partial charge in [-0.05, 0) is 106 Å². The number of aliphatic imine (C=N–C) groups is 1. The number of carboxylic acid groups (broad SMARTS) is 1. The van der Waals surface area contributed by atoms with Crippen LogP contribution in [-0.2, 0) is 60.3 Å². The smallest absolute Gasteiger partial charge is 0.414 e. The molecule has 13 heteroatoms. The first-order valence-electron chi connectivity index (χ1n) is 28.2. The first-order chi connectivity index (χ1) is 43.1. The van der Waals surface area contributed by atoms with E-state index in [0.717, 1.165) is 45.0 Å². The maximum Gasteiger partial charge on any atom is 0.414 e. The minimum atomic E-state index is -0.990. The van der Waals surface area contributed by atoms with Crippen LogP contribution in [0.5, 0.6) is 0 Å². The Kier molecular flexibility index (Phi) is 26.2. The fourth-order valence-corrected chi connectivity index (χ4v) is 9.60. The number of carbonyl (C=O) groups is 1. The van der Waals surface area contributed by atoms with Gasteiger partial charge < -0.3 is 30.1 Å². The Morgan fingerprint density at radius 3 is 0.945 bits per heavy atom. The van der Waals surface area contributed by atoms with Crippen LogP contribution in [0.1, 0.15) is 24.3 Å². The van der Waals surface area contributed by atoms with Gasteiger partial charge in [-0.15, -0.1) is 149 Å². The summed E-state index contributed by atoms with van der Waals surface area (Å²) in [5, 5.41) is 31.4. The van der Waals surface area contributed by atoms with E-state index in [4.69, 9.17) is 15.0 Å². The second kappa shape index (κ2) is 34.7. The first-order valence-corrected chi connectivity index (χ1v) is 28.2. The third-order valence-corrected chi connectivity index (χ3v) is 13.7. The van der Waals surface area contributed by atoms with Crippen molar-refractivity contribution in [3.05, 3.63) is 322 Å². The second-order valence-electron chi connectivity index (χ2n) is 19.8. The zero-order chi connectivity index (χ0) is 60.9. The number of aromatic carboxylic acids is 1. The maximum atomic E-state index is 10.1. The van der Waals surface area contributed by atoms with Gasteiger partial charge in [-0.2, -0.15) is 0 Å². The SMILES string of the molecule is CC(=[OH+])N=C(C)O.O=C(O)c1ccccn1.[Ir].[Ir].[Ir].[c-]1ccccc1-c1cc2c(ccc3ccccc32)cn1.[c-]1ccccc1-c1cc2c(ccc3ccccc32)cn1.[c-]1ccccc1-c1cc2c(ccc3ccccc32)cn1.[c-]1ccccc1-c1ccccn1. The summed E-state index contributed by atoms with van der Waals surface area (Å²) in [6.45, 7) is 2.78. The Morgan fingerprint density at radius 2 is 0.670 bits per heavy atom. The van der Waals surface area contributed by atoms with Gasteiger partial charge in [0.2, 0.25) is 0 Å². The molecular weight excluding hydrogens is 1660 g/mol. The summed E-state index contributed by atoms with van der Waals surface area (Å²) in [6.07, 6.45) is 9.06. The predicted molar refractivity (Wildman–Crippen MR) is 359 cm³/mol. The molecule has 0 spiro atoms. The van der Waals surface area contributed by atoms with Crippen LogP contribution in [0, 0.1) is 24.3 Å². The Hall–Kier alpha value is -9.93. The van der Waals surface area contributed by atoms with Crippen LogP contribution in [0.25, 0.3) is 110 Å². The van der Waals surface area contributed by atoms with E-state index in [1.807, 2.05) is 134 Å². The number of benzene rings is 10. The molecule has 3 radical (unpaired) electrons. The molecule has 10 nitrogen and oxygen atoms in total. The van der Waals surface area contributed by atoms with E-state index in [2.05, 4.69) is 182 Å². The van der Waals surface area contributed by atoms with Crippen LogP contribution in [0.4, 0.5) is 0 Å². The summed E-state index contributed by atoms with van der Waals surface area (Å²) >= 11 is 0. The molecule has 0 bridgehead atoms. The van der Waals surface area contributed by atoms with Crippen molar-refractivity contribution in [3.63, 3.8) is 0 Å². The molecule has 0 saturated carbocycles. The summed E-state index contributed by atoms with van der Waals surface area (Å²) in [7, 11) is 0. The number of aliphatic hydroxyl groups is 1. The van der Waals surface area contributed by atoms with E-state index in [1.165, 1.54) is 90.7 Å². The Labute approximate surface area is 568 Å². The number of hydrogen-bond donors (Lipinski definition) is 2. The van der Waals surface area contributed by atoms with Gasteiger partial charge in [0, 0.05) is 98.2 Å². The maximum absolute atomic E-state index is 10.1. The number of hydrogen-bond acceptors (Lipinski definition) is 6. The number of carboxylic acids is 1. The summed E-state index contributed by atoms with van der Waals surface area (Å²) in [5.74, 6) is -1.24. The topological polar surface area (TPSA) is 156 Å². The standard InChI is InChI=1S/3C19H12N.C11H8N.C6H5NO2.C4H7NO2.3Ir/c3*1-2-7-15(8-3-1)19-12-18-16(13-20-19)11-10-14-6-4-5-9-17(14)18;1-2-6-10(7-3-1)11-8-4-5-9-12-11;8-6(9)5-3-1-2-4-7-5;1-3(6)5-4(2)7;;;/h3*1-7,9-13H;1-6,8-9H;1-4H,(H,8,9);1-2H3,(H,5,6,7);;;/q4*-1;;;;;/p+1. The average Bonchev–Trinajstić information content (AvgIpc) is 1.41. The zero-order valence-electron chi connectivity index (χ0n) is 49.1. The number of rotatable bonds is 5. The fraction of sp³-hybridized carbons (Fsp3) is 0.0256. The van der Waals surface area contributed by atoms with Gasteiger partial charge in [-0.25, -0.2) is 9.78 Å². The summed E-state index contributed by atoms with van der Waals surface area (Å²) in [4.78, 5) is 43.1. The number of aromatic nitrogens is 5. The van der Waals surface area contributed by atoms with Crippen LogP contribution in [0.2, 0.25) is 0 Å². The number of carbonyl (C=O) groups excluding carboxylic acids is 1. The first kappa shape index (κ1) is 68.6. The van der Waals surface area contributed by atoms with Crippen molar-refractivity contribution in [2.45, 2.75) is 13.8 Å². The molecule has 10 aromatic carbocycles.